The van der Waals surface area contributed by atoms with Crippen LogP contribution in [0, 0.1) is 11.3 Å². The Hall–Kier alpha value is -2.09. The van der Waals surface area contributed by atoms with Crippen molar-refractivity contribution in [2.75, 3.05) is 0 Å². The number of benzene rings is 1. The van der Waals surface area contributed by atoms with Gasteiger partial charge in [-0.1, -0.05) is 0 Å². The summed E-state index contributed by atoms with van der Waals surface area (Å²) in [7, 11) is 0. The maximum Gasteiger partial charge on any atom is 0.0991 e. The largest absolute Gasteiger partial charge is 0.388 e. The molecule has 94 valence electrons. The van der Waals surface area contributed by atoms with Crippen molar-refractivity contribution >= 4 is 22.2 Å². The number of hydrogen-bond acceptors (Lipinski definition) is 3. The third kappa shape index (κ3) is 1.93. The molecule has 0 saturated heterocycles. The number of aromatic amines is 1. The Labute approximate surface area is 114 Å². The Morgan fingerprint density at radius 1 is 1.32 bits per heavy atom. The molecule has 1 unspecified atom stereocenters. The lowest BCUT2D eigenvalue weighted by Gasteiger charge is -2.05. The van der Waals surface area contributed by atoms with E-state index in [4.69, 9.17) is 5.26 Å². The average Bonchev–Trinajstić information content (AvgIpc) is 3.03. The van der Waals surface area contributed by atoms with Crippen molar-refractivity contribution in [3.63, 3.8) is 0 Å². The number of aromatic nitrogens is 1. The summed E-state index contributed by atoms with van der Waals surface area (Å²) in [5.74, 6) is 0. The van der Waals surface area contributed by atoms with Crippen molar-refractivity contribution in [2.24, 2.45) is 0 Å². The number of hydrogen-bond donors (Lipinski definition) is 2. The molecule has 0 saturated carbocycles. The summed E-state index contributed by atoms with van der Waals surface area (Å²) in [5.41, 5.74) is 3.70. The molecule has 2 heterocycles. The molecule has 1 atom stereocenters. The van der Waals surface area contributed by atoms with Crippen molar-refractivity contribution in [1.29, 1.82) is 5.26 Å². The fourth-order valence-corrected chi connectivity index (χ4v) is 3.13. The molecule has 0 spiro atoms. The van der Waals surface area contributed by atoms with Crippen LogP contribution in [0.5, 0.6) is 0 Å². The summed E-state index contributed by atoms with van der Waals surface area (Å²) < 4.78 is 0. The van der Waals surface area contributed by atoms with Gasteiger partial charge < -0.3 is 10.1 Å². The van der Waals surface area contributed by atoms with Gasteiger partial charge in [-0.3, -0.25) is 0 Å². The number of nitrogens with zero attached hydrogens (tertiary/aromatic N) is 1. The van der Waals surface area contributed by atoms with Gasteiger partial charge in [0.15, 0.2) is 0 Å². The molecule has 4 heteroatoms. The fourth-order valence-electron chi connectivity index (χ4n) is 2.28. The number of fused-ring (bicyclic) bond motifs is 1. The molecule has 0 bridgehead atoms. The van der Waals surface area contributed by atoms with Crippen molar-refractivity contribution in [3.8, 4) is 17.2 Å². The molecule has 0 aliphatic heterocycles. The number of rotatable bonds is 2. The van der Waals surface area contributed by atoms with Crippen LogP contribution in [0.15, 0.2) is 35.8 Å². The van der Waals surface area contributed by atoms with E-state index in [9.17, 15) is 5.11 Å². The molecule has 2 N–H and O–H groups in total. The summed E-state index contributed by atoms with van der Waals surface area (Å²) in [5, 5.41) is 21.8. The van der Waals surface area contributed by atoms with Crippen LogP contribution in [0.4, 0.5) is 0 Å². The van der Waals surface area contributed by atoms with Gasteiger partial charge in [-0.25, -0.2) is 0 Å². The van der Waals surface area contributed by atoms with Crippen LogP contribution in [0.2, 0.25) is 0 Å². The van der Waals surface area contributed by atoms with Gasteiger partial charge in [-0.05, 0) is 36.6 Å². The monoisotopic (exact) mass is 268 g/mol. The molecule has 19 heavy (non-hydrogen) atoms. The Balaban J connectivity index is 2.25. The smallest absolute Gasteiger partial charge is 0.0991 e. The Morgan fingerprint density at radius 3 is 2.89 bits per heavy atom. The van der Waals surface area contributed by atoms with Crippen LogP contribution in [0.3, 0.4) is 0 Å². The van der Waals surface area contributed by atoms with Gasteiger partial charge in [0.1, 0.15) is 0 Å². The van der Waals surface area contributed by atoms with Crippen LogP contribution in [-0.4, -0.2) is 10.1 Å². The van der Waals surface area contributed by atoms with E-state index in [1.54, 1.807) is 24.3 Å². The SMILES string of the molecule is CC(O)c1sccc1-c1c[nH]c2ccc(C#N)cc12. The highest BCUT2D eigenvalue weighted by Crippen LogP contribution is 2.37. The molecule has 0 aliphatic rings. The van der Waals surface area contributed by atoms with Crippen LogP contribution in [0.1, 0.15) is 23.5 Å². The molecular formula is C15H12N2OS. The average molecular weight is 268 g/mol. The number of aliphatic hydroxyl groups excluding tert-OH is 1. The summed E-state index contributed by atoms with van der Waals surface area (Å²) in [6.45, 7) is 1.77. The Bertz CT molecular complexity index is 777. The van der Waals surface area contributed by atoms with E-state index in [1.807, 2.05) is 29.8 Å². The third-order valence-corrected chi connectivity index (χ3v) is 4.26. The second-order valence-electron chi connectivity index (χ2n) is 4.45. The zero-order valence-corrected chi connectivity index (χ0v) is 11.2. The lowest BCUT2D eigenvalue weighted by atomic mass is 10.0. The van der Waals surface area contributed by atoms with Gasteiger partial charge in [-0.15, -0.1) is 11.3 Å². The van der Waals surface area contributed by atoms with Gasteiger partial charge in [0.2, 0.25) is 0 Å². The molecule has 3 aromatic rings. The number of thiophene rings is 1. The first kappa shape index (κ1) is 12.0. The molecule has 0 radical (unpaired) electrons. The van der Waals surface area contributed by atoms with E-state index in [0.29, 0.717) is 5.56 Å². The van der Waals surface area contributed by atoms with E-state index in [0.717, 1.165) is 26.9 Å². The summed E-state index contributed by atoms with van der Waals surface area (Å²) in [6.07, 6.45) is 1.44. The molecule has 0 fully saturated rings. The number of nitriles is 1. The maximum atomic E-state index is 9.81. The van der Waals surface area contributed by atoms with Gasteiger partial charge in [0, 0.05) is 33.1 Å². The van der Waals surface area contributed by atoms with E-state index in [1.165, 1.54) is 0 Å². The summed E-state index contributed by atoms with van der Waals surface area (Å²) in [4.78, 5) is 4.15. The first-order valence-electron chi connectivity index (χ1n) is 5.98. The van der Waals surface area contributed by atoms with E-state index >= 15 is 0 Å². The Morgan fingerprint density at radius 2 is 2.16 bits per heavy atom. The zero-order valence-electron chi connectivity index (χ0n) is 10.3. The standard InChI is InChI=1S/C15H12N2OS/c1-9(18)15-11(4-5-19-15)13-8-17-14-3-2-10(7-16)6-12(13)14/h2-6,8-9,17-18H,1H3. The van der Waals surface area contributed by atoms with Crippen LogP contribution >= 0.6 is 11.3 Å². The van der Waals surface area contributed by atoms with Gasteiger partial charge in [-0.2, -0.15) is 5.26 Å². The minimum atomic E-state index is -0.487. The highest BCUT2D eigenvalue weighted by atomic mass is 32.1. The molecule has 0 amide bonds. The highest BCUT2D eigenvalue weighted by Gasteiger charge is 2.14. The minimum absolute atomic E-state index is 0.487. The summed E-state index contributed by atoms with van der Waals surface area (Å²) in [6, 6.07) is 9.75. The van der Waals surface area contributed by atoms with Crippen molar-refractivity contribution in [3.05, 3.63) is 46.3 Å². The highest BCUT2D eigenvalue weighted by molar-refractivity contribution is 7.10. The van der Waals surface area contributed by atoms with E-state index in [2.05, 4.69) is 11.1 Å². The number of nitrogens with one attached hydrogen (secondary N) is 1. The lowest BCUT2D eigenvalue weighted by Crippen LogP contribution is -1.88. The molecule has 2 aromatic heterocycles. The number of H-pyrrole nitrogens is 1. The Kier molecular flexibility index (Phi) is 2.86. The van der Waals surface area contributed by atoms with Crippen LogP contribution in [0.25, 0.3) is 22.0 Å². The van der Waals surface area contributed by atoms with Crippen LogP contribution in [-0.2, 0) is 0 Å². The molecular weight excluding hydrogens is 256 g/mol. The predicted octanol–water partition coefficient (Wildman–Crippen LogP) is 3.82. The number of aliphatic hydroxyl groups is 1. The quantitative estimate of drug-likeness (QED) is 0.742. The van der Waals surface area contributed by atoms with Crippen molar-refractivity contribution < 1.29 is 5.11 Å². The second-order valence-corrected chi connectivity index (χ2v) is 5.40. The summed E-state index contributed by atoms with van der Waals surface area (Å²) >= 11 is 1.55. The minimum Gasteiger partial charge on any atom is -0.388 e. The first-order chi connectivity index (χ1) is 9.20. The van der Waals surface area contributed by atoms with Crippen molar-refractivity contribution in [1.82, 2.24) is 4.98 Å². The van der Waals surface area contributed by atoms with E-state index in [-0.39, 0.29) is 0 Å². The fraction of sp³-hybridized carbons (Fsp3) is 0.133. The molecule has 1 aromatic carbocycles. The van der Waals surface area contributed by atoms with E-state index < -0.39 is 6.10 Å². The van der Waals surface area contributed by atoms with Gasteiger partial charge >= 0.3 is 0 Å². The van der Waals surface area contributed by atoms with Gasteiger partial charge in [0.25, 0.3) is 0 Å². The molecule has 3 nitrogen and oxygen atoms in total. The normalized spacial score (nSPS) is 12.5. The maximum absolute atomic E-state index is 9.81. The second kappa shape index (κ2) is 4.54. The van der Waals surface area contributed by atoms with Gasteiger partial charge in [0.05, 0.1) is 17.7 Å². The van der Waals surface area contributed by atoms with Crippen LogP contribution < -0.4 is 0 Å². The molecule has 0 aliphatic carbocycles. The van der Waals surface area contributed by atoms with Crippen molar-refractivity contribution in [2.45, 2.75) is 13.0 Å². The zero-order chi connectivity index (χ0) is 13.4. The lowest BCUT2D eigenvalue weighted by molar-refractivity contribution is 0.203. The third-order valence-electron chi connectivity index (χ3n) is 3.18. The predicted molar refractivity (Wildman–Crippen MR) is 77.0 cm³/mol. The molecule has 3 rings (SSSR count). The topological polar surface area (TPSA) is 59.8 Å². The first-order valence-corrected chi connectivity index (χ1v) is 6.85.